The van der Waals surface area contributed by atoms with Gasteiger partial charge in [-0.3, -0.25) is 9.74 Å². The van der Waals surface area contributed by atoms with Crippen molar-refractivity contribution in [1.82, 2.24) is 20.2 Å². The molecule has 0 amide bonds. The van der Waals surface area contributed by atoms with E-state index >= 15 is 4.39 Å². The van der Waals surface area contributed by atoms with Crippen molar-refractivity contribution < 1.29 is 19.4 Å². The number of nitrogens with one attached hydrogen (secondary N) is 1. The van der Waals surface area contributed by atoms with Gasteiger partial charge in [0.15, 0.2) is 0 Å². The molecule has 3 saturated carbocycles. The molecule has 4 fully saturated rings. The van der Waals surface area contributed by atoms with E-state index in [2.05, 4.69) is 101 Å². The molecule has 1 saturated heterocycles. The summed E-state index contributed by atoms with van der Waals surface area (Å²) in [6, 6.07) is 13.7. The predicted molar refractivity (Wildman–Crippen MR) is 201 cm³/mol. The molecule has 0 radical (unpaired) electrons. The first-order valence-electron chi connectivity index (χ1n) is 18.7. The smallest absolute Gasteiger partial charge is 0.129 e. The lowest BCUT2D eigenvalue weighted by atomic mass is 9.44. The summed E-state index contributed by atoms with van der Waals surface area (Å²) in [6.45, 7) is 17.7. The number of fused-ring (bicyclic) bond motifs is 2. The molecule has 1 heterocycles. The van der Waals surface area contributed by atoms with Crippen LogP contribution < -0.4 is 5.32 Å². The van der Waals surface area contributed by atoms with E-state index in [1.54, 1.807) is 19.1 Å². The molecule has 3 N–H and O–H groups in total. The SMILES string of the molecule is CC=C(N[C@H]1C[C@H]2C[C@@H]([C@@H]1C)C2(C)C)[C@@H]1[C@H]([C@H](C)O)[C@H](CO)ON1Cc1cccc(CN(Cc2c(F)cccc2Cl)[C@H](CN(C)C)C(C)C)c1. The quantitative estimate of drug-likeness (QED) is 0.182. The molecule has 0 aromatic heterocycles. The van der Waals surface area contributed by atoms with Crippen LogP contribution in [-0.4, -0.2) is 82.7 Å². The van der Waals surface area contributed by atoms with E-state index in [1.165, 1.54) is 12.5 Å². The van der Waals surface area contributed by atoms with Crippen molar-refractivity contribution in [3.05, 3.63) is 81.8 Å². The van der Waals surface area contributed by atoms with Crippen molar-refractivity contribution >= 4 is 11.6 Å². The lowest BCUT2D eigenvalue weighted by Crippen LogP contribution is -2.60. The van der Waals surface area contributed by atoms with Crippen LogP contribution in [0.5, 0.6) is 0 Å². The minimum absolute atomic E-state index is 0.162. The molecule has 0 unspecified atom stereocenters. The highest BCUT2D eigenvalue weighted by molar-refractivity contribution is 6.31. The number of rotatable bonds is 15. The van der Waals surface area contributed by atoms with Crippen LogP contribution in [0.25, 0.3) is 0 Å². The van der Waals surface area contributed by atoms with E-state index in [9.17, 15) is 10.2 Å². The second-order valence-corrected chi connectivity index (χ2v) is 17.0. The van der Waals surface area contributed by atoms with E-state index in [1.807, 2.05) is 5.06 Å². The normalized spacial score (nSPS) is 29.4. The second-order valence-electron chi connectivity index (χ2n) is 16.6. The Morgan fingerprint density at radius 1 is 1.12 bits per heavy atom. The number of nitrogens with zero attached hydrogens (tertiary/aromatic N) is 3. The third-order valence-corrected chi connectivity index (χ3v) is 12.7. The molecule has 4 aliphatic rings. The molecule has 50 heavy (non-hydrogen) atoms. The van der Waals surface area contributed by atoms with Crippen LogP contribution in [0.4, 0.5) is 4.39 Å². The number of benzene rings is 2. The van der Waals surface area contributed by atoms with Crippen molar-refractivity contribution in [2.45, 2.75) is 111 Å². The Bertz CT molecular complexity index is 1450. The van der Waals surface area contributed by atoms with E-state index in [-0.39, 0.29) is 30.4 Å². The summed E-state index contributed by atoms with van der Waals surface area (Å²) in [5, 5.41) is 27.8. The first-order chi connectivity index (χ1) is 23.7. The molecule has 9 heteroatoms. The zero-order valence-electron chi connectivity index (χ0n) is 31.7. The van der Waals surface area contributed by atoms with Crippen LogP contribution in [0.3, 0.4) is 0 Å². The van der Waals surface area contributed by atoms with Crippen LogP contribution in [0, 0.1) is 40.8 Å². The number of aliphatic hydroxyl groups excluding tert-OH is 2. The molecule has 2 bridgehead atoms. The summed E-state index contributed by atoms with van der Waals surface area (Å²) in [5.41, 5.74) is 4.14. The largest absolute Gasteiger partial charge is 0.394 e. The zero-order chi connectivity index (χ0) is 36.5. The maximum atomic E-state index is 15.1. The lowest BCUT2D eigenvalue weighted by molar-refractivity contribution is -0.175. The Hall–Kier alpha value is -2.04. The maximum absolute atomic E-state index is 15.1. The van der Waals surface area contributed by atoms with Crippen molar-refractivity contribution in [2.24, 2.45) is 35.0 Å². The van der Waals surface area contributed by atoms with Gasteiger partial charge in [0.25, 0.3) is 0 Å². The minimum Gasteiger partial charge on any atom is -0.394 e. The van der Waals surface area contributed by atoms with Gasteiger partial charge in [-0.25, -0.2) is 4.39 Å². The Labute approximate surface area is 305 Å². The predicted octanol–water partition coefficient (Wildman–Crippen LogP) is 7.11. The molecule has 278 valence electrons. The fourth-order valence-electron chi connectivity index (χ4n) is 9.37. The van der Waals surface area contributed by atoms with Crippen molar-refractivity contribution in [3.63, 3.8) is 0 Å². The van der Waals surface area contributed by atoms with Crippen LogP contribution >= 0.6 is 11.6 Å². The molecule has 3 aliphatic carbocycles. The number of hydrogen-bond donors (Lipinski definition) is 3. The van der Waals surface area contributed by atoms with Crippen LogP contribution in [0.1, 0.15) is 78.0 Å². The molecule has 1 aliphatic heterocycles. The van der Waals surface area contributed by atoms with Crippen molar-refractivity contribution in [2.75, 3.05) is 27.2 Å². The Morgan fingerprint density at radius 3 is 2.40 bits per heavy atom. The molecular weight excluding hydrogens is 651 g/mol. The van der Waals surface area contributed by atoms with Crippen LogP contribution in [0.2, 0.25) is 5.02 Å². The van der Waals surface area contributed by atoms with Crippen molar-refractivity contribution in [3.8, 4) is 0 Å². The number of likely N-dealkylation sites (N-methyl/N-ethyl adjacent to an activating group) is 1. The summed E-state index contributed by atoms with van der Waals surface area (Å²) in [7, 11) is 4.15. The lowest BCUT2D eigenvalue weighted by Gasteiger charge is -2.62. The van der Waals surface area contributed by atoms with E-state index < -0.39 is 12.2 Å². The highest BCUT2D eigenvalue weighted by atomic mass is 35.5. The van der Waals surface area contributed by atoms with E-state index in [0.717, 1.165) is 35.7 Å². The molecule has 6 rings (SSSR count). The third kappa shape index (κ3) is 8.27. The number of hydroxylamine groups is 2. The van der Waals surface area contributed by atoms with Gasteiger partial charge in [0, 0.05) is 60.5 Å². The Balaban J connectivity index is 1.40. The third-order valence-electron chi connectivity index (χ3n) is 12.4. The van der Waals surface area contributed by atoms with E-state index in [4.69, 9.17) is 16.4 Å². The second kappa shape index (κ2) is 16.3. The first kappa shape index (κ1) is 39.2. The van der Waals surface area contributed by atoms with Gasteiger partial charge in [-0.1, -0.05) is 82.6 Å². The minimum atomic E-state index is -0.676. The summed E-state index contributed by atoms with van der Waals surface area (Å²) in [6.07, 6.45) is 3.39. The van der Waals surface area contributed by atoms with Gasteiger partial charge < -0.3 is 20.4 Å². The number of halogens is 2. The average molecular weight is 713 g/mol. The molecule has 9 atom stereocenters. The van der Waals surface area contributed by atoms with Crippen LogP contribution in [-0.2, 0) is 24.5 Å². The van der Waals surface area contributed by atoms with Gasteiger partial charge in [-0.15, -0.1) is 0 Å². The standard InChI is InChI=1S/C41H62ClFN4O3/c1-10-35(44-36-19-30-18-32(26(36)4)41(30,6)7)40-39(27(5)49)38(24-48)50-47(40)21-29-14-11-13-28(17-29)20-46(37(25(2)3)23-45(8)9)22-31-33(42)15-12-16-34(31)43/h10-17,25-27,30,32,36-40,44,48-49H,18-24H2,1-9H3/t26-,27-,30+,32-,36-,37+,38-,39+,40+/m0/s1. The average Bonchev–Trinajstić information content (AvgIpc) is 3.42. The fourth-order valence-corrected chi connectivity index (χ4v) is 9.59. The molecule has 7 nitrogen and oxygen atoms in total. The van der Waals surface area contributed by atoms with Gasteiger partial charge in [-0.2, -0.15) is 5.06 Å². The molecule has 0 spiro atoms. The number of allylic oxidation sites excluding steroid dienone is 1. The van der Waals surface area contributed by atoms with Gasteiger partial charge >= 0.3 is 0 Å². The summed E-state index contributed by atoms with van der Waals surface area (Å²) in [5.74, 6) is 1.70. The molecule has 2 aromatic rings. The number of hydrogen-bond acceptors (Lipinski definition) is 7. The van der Waals surface area contributed by atoms with Crippen molar-refractivity contribution in [1.29, 1.82) is 0 Å². The monoisotopic (exact) mass is 712 g/mol. The highest BCUT2D eigenvalue weighted by Gasteiger charge is 2.57. The Morgan fingerprint density at radius 2 is 1.82 bits per heavy atom. The zero-order valence-corrected chi connectivity index (χ0v) is 32.5. The fraction of sp³-hybridized carbons (Fsp3) is 0.659. The topological polar surface area (TPSA) is 71.4 Å². The maximum Gasteiger partial charge on any atom is 0.129 e. The highest BCUT2D eigenvalue weighted by Crippen LogP contribution is 2.61. The van der Waals surface area contributed by atoms with Gasteiger partial charge in [0.05, 0.1) is 18.8 Å². The van der Waals surface area contributed by atoms with E-state index in [0.29, 0.717) is 59.4 Å². The summed E-state index contributed by atoms with van der Waals surface area (Å²) in [4.78, 5) is 11.0. The summed E-state index contributed by atoms with van der Waals surface area (Å²) >= 11 is 6.55. The molecular formula is C41H62ClFN4O3. The van der Waals surface area contributed by atoms with Gasteiger partial charge in [0.1, 0.15) is 11.9 Å². The van der Waals surface area contributed by atoms with Gasteiger partial charge in [0.2, 0.25) is 0 Å². The first-order valence-corrected chi connectivity index (χ1v) is 19.1. The van der Waals surface area contributed by atoms with Crippen LogP contribution in [0.15, 0.2) is 54.2 Å². The van der Waals surface area contributed by atoms with Gasteiger partial charge in [-0.05, 0) is 93.1 Å². The Kier molecular flexibility index (Phi) is 12.8. The number of aliphatic hydroxyl groups is 2. The summed E-state index contributed by atoms with van der Waals surface area (Å²) < 4.78 is 15.1. The molecule has 2 aromatic carbocycles.